The number of nitrogens with zero attached hydrogens (tertiary/aromatic N) is 1. The Morgan fingerprint density at radius 3 is 1.76 bits per heavy atom. The molecule has 0 radical (unpaired) electrons. The Morgan fingerprint density at radius 1 is 0.738 bits per heavy atom. The SMILES string of the molecule is CCCCCCCCCCCCCCCCCCOC(=O)c1cc2c([nH]1)-c1c(C(=O)O)cc(C(=O)O)nc1C(=O)C2=O. The number of Topliss-reactive ketones (excluding diaryl/α,β-unsaturated/α-hetero) is 2. The number of carboxylic acids is 2. The van der Waals surface area contributed by atoms with Crippen LogP contribution >= 0.6 is 0 Å². The van der Waals surface area contributed by atoms with E-state index in [1.165, 1.54) is 77.0 Å². The molecule has 0 amide bonds. The van der Waals surface area contributed by atoms with Crippen LogP contribution in [-0.4, -0.2) is 56.3 Å². The first-order valence-electron chi connectivity index (χ1n) is 15.3. The largest absolute Gasteiger partial charge is 0.478 e. The molecule has 0 spiro atoms. The summed E-state index contributed by atoms with van der Waals surface area (Å²) in [5.41, 5.74) is -2.39. The number of fused-ring (bicyclic) bond motifs is 3. The van der Waals surface area contributed by atoms with Crippen molar-refractivity contribution in [1.82, 2.24) is 9.97 Å². The summed E-state index contributed by atoms with van der Waals surface area (Å²) in [5, 5.41) is 18.9. The van der Waals surface area contributed by atoms with E-state index in [9.17, 15) is 34.2 Å². The molecule has 2 heterocycles. The topological polar surface area (TPSA) is 164 Å². The van der Waals surface area contributed by atoms with Crippen molar-refractivity contribution < 1.29 is 38.9 Å². The zero-order valence-corrected chi connectivity index (χ0v) is 24.5. The van der Waals surface area contributed by atoms with Crippen LogP contribution in [0.1, 0.15) is 162 Å². The van der Waals surface area contributed by atoms with Gasteiger partial charge in [0, 0.05) is 5.56 Å². The Hall–Kier alpha value is -3.82. The molecular formula is C32H42N2O8. The van der Waals surface area contributed by atoms with Gasteiger partial charge in [0.15, 0.2) is 0 Å². The number of ketones is 2. The molecule has 0 unspecified atom stereocenters. The third-order valence-electron chi connectivity index (χ3n) is 7.65. The number of esters is 1. The molecule has 0 saturated carbocycles. The van der Waals surface area contributed by atoms with Crippen molar-refractivity contribution >= 4 is 29.5 Å². The zero-order valence-electron chi connectivity index (χ0n) is 24.5. The summed E-state index contributed by atoms with van der Waals surface area (Å²) in [5.74, 6) is -5.95. The number of hydrogen-bond acceptors (Lipinski definition) is 7. The molecular weight excluding hydrogens is 540 g/mol. The lowest BCUT2D eigenvalue weighted by atomic mass is 9.88. The average Bonchev–Trinajstić information content (AvgIpc) is 3.42. The molecule has 0 bridgehead atoms. The first kappa shape index (κ1) is 32.7. The van der Waals surface area contributed by atoms with E-state index < -0.39 is 46.4 Å². The van der Waals surface area contributed by atoms with Gasteiger partial charge in [-0.2, -0.15) is 0 Å². The van der Waals surface area contributed by atoms with Crippen LogP contribution < -0.4 is 0 Å². The molecule has 42 heavy (non-hydrogen) atoms. The second kappa shape index (κ2) is 16.6. The minimum absolute atomic E-state index is 0.0780. The second-order valence-corrected chi connectivity index (χ2v) is 11.0. The van der Waals surface area contributed by atoms with Gasteiger partial charge in [-0.05, 0) is 18.6 Å². The number of unbranched alkanes of at least 4 members (excludes halogenated alkanes) is 15. The lowest BCUT2D eigenvalue weighted by molar-refractivity contribution is 0.0490. The predicted octanol–water partition coefficient (Wildman–Crippen LogP) is 7.27. The summed E-state index contributed by atoms with van der Waals surface area (Å²) in [4.78, 5) is 67.5. The number of aromatic amines is 1. The number of nitrogens with one attached hydrogen (secondary N) is 1. The Morgan fingerprint density at radius 2 is 1.26 bits per heavy atom. The summed E-state index contributed by atoms with van der Waals surface area (Å²) in [6.07, 6.45) is 19.7. The molecule has 10 nitrogen and oxygen atoms in total. The minimum atomic E-state index is -1.55. The molecule has 2 aromatic rings. The Labute approximate surface area is 246 Å². The van der Waals surface area contributed by atoms with Gasteiger partial charge in [-0.3, -0.25) is 9.59 Å². The van der Waals surface area contributed by atoms with Crippen molar-refractivity contribution in [2.75, 3.05) is 6.61 Å². The first-order chi connectivity index (χ1) is 20.3. The van der Waals surface area contributed by atoms with Crippen molar-refractivity contribution in [1.29, 1.82) is 0 Å². The first-order valence-corrected chi connectivity index (χ1v) is 15.3. The van der Waals surface area contributed by atoms with Gasteiger partial charge in [-0.15, -0.1) is 0 Å². The van der Waals surface area contributed by atoms with Crippen molar-refractivity contribution in [2.45, 2.75) is 110 Å². The highest BCUT2D eigenvalue weighted by molar-refractivity contribution is 6.52. The van der Waals surface area contributed by atoms with Crippen molar-refractivity contribution in [2.24, 2.45) is 0 Å². The fraction of sp³-hybridized carbons (Fsp3) is 0.562. The number of carboxylic acid groups (broad SMARTS) is 2. The number of hydrogen-bond donors (Lipinski definition) is 3. The van der Waals surface area contributed by atoms with Crippen LogP contribution in [0.15, 0.2) is 12.1 Å². The monoisotopic (exact) mass is 582 g/mol. The van der Waals surface area contributed by atoms with Crippen LogP contribution in [0, 0.1) is 0 Å². The van der Waals surface area contributed by atoms with Crippen LogP contribution in [0.5, 0.6) is 0 Å². The van der Waals surface area contributed by atoms with Gasteiger partial charge in [-0.1, -0.05) is 103 Å². The maximum absolute atomic E-state index is 12.6. The van der Waals surface area contributed by atoms with Gasteiger partial charge >= 0.3 is 17.9 Å². The molecule has 0 aliphatic heterocycles. The number of pyridine rings is 1. The normalized spacial score (nSPS) is 12.2. The molecule has 3 N–H and O–H groups in total. The second-order valence-electron chi connectivity index (χ2n) is 11.0. The van der Waals surface area contributed by atoms with Crippen LogP contribution in [-0.2, 0) is 4.74 Å². The van der Waals surface area contributed by atoms with E-state index in [1.54, 1.807) is 0 Å². The van der Waals surface area contributed by atoms with Crippen LogP contribution in [0.4, 0.5) is 0 Å². The quantitative estimate of drug-likeness (QED) is 0.0827. The highest BCUT2D eigenvalue weighted by Crippen LogP contribution is 2.36. The fourth-order valence-corrected chi connectivity index (χ4v) is 5.30. The molecule has 1 aliphatic rings. The highest BCUT2D eigenvalue weighted by Gasteiger charge is 2.38. The van der Waals surface area contributed by atoms with Crippen molar-refractivity contribution in [3.63, 3.8) is 0 Å². The number of rotatable bonds is 20. The number of aromatic carboxylic acids is 2. The van der Waals surface area contributed by atoms with Crippen LogP contribution in [0.2, 0.25) is 0 Å². The van der Waals surface area contributed by atoms with Gasteiger partial charge in [0.1, 0.15) is 17.1 Å². The number of carbonyl (C=O) groups excluding carboxylic acids is 3. The van der Waals surface area contributed by atoms with E-state index in [0.29, 0.717) is 6.42 Å². The van der Waals surface area contributed by atoms with Crippen molar-refractivity contribution in [3.8, 4) is 11.3 Å². The van der Waals surface area contributed by atoms with Gasteiger partial charge in [0.05, 0.1) is 23.4 Å². The molecule has 0 saturated heterocycles. The lowest BCUT2D eigenvalue weighted by Crippen LogP contribution is -2.25. The minimum Gasteiger partial charge on any atom is -0.478 e. The lowest BCUT2D eigenvalue weighted by Gasteiger charge is -2.16. The van der Waals surface area contributed by atoms with E-state index in [-0.39, 0.29) is 29.1 Å². The van der Waals surface area contributed by atoms with E-state index >= 15 is 0 Å². The summed E-state index contributed by atoms with van der Waals surface area (Å²) < 4.78 is 5.33. The maximum Gasteiger partial charge on any atom is 0.354 e. The molecule has 1 aliphatic carbocycles. The third-order valence-corrected chi connectivity index (χ3v) is 7.65. The molecule has 0 aromatic carbocycles. The Balaban J connectivity index is 1.38. The Kier molecular flexibility index (Phi) is 12.9. The molecule has 0 fully saturated rings. The van der Waals surface area contributed by atoms with Gasteiger partial charge < -0.3 is 19.9 Å². The smallest absolute Gasteiger partial charge is 0.354 e. The summed E-state index contributed by atoms with van der Waals surface area (Å²) >= 11 is 0. The number of aromatic nitrogens is 2. The molecule has 0 atom stereocenters. The standard InChI is InChI=1S/C32H42N2O8/c1-2-3-4-5-6-7-8-9-10-11-12-13-14-15-16-17-18-42-32(41)24-20-22-26(34-24)25-21(30(37)38)19-23(31(39)40)33-27(25)29(36)28(22)35/h19-20,34H,2-18H2,1H3,(H,37,38)(H,39,40). The number of carbonyl (C=O) groups is 5. The third kappa shape index (κ3) is 8.84. The molecule has 10 heteroatoms. The zero-order chi connectivity index (χ0) is 30.5. The van der Waals surface area contributed by atoms with E-state index in [0.717, 1.165) is 31.4 Å². The van der Waals surface area contributed by atoms with Gasteiger partial charge in [-0.25, -0.2) is 19.4 Å². The van der Waals surface area contributed by atoms with E-state index in [1.807, 2.05) is 0 Å². The van der Waals surface area contributed by atoms with Gasteiger partial charge in [0.2, 0.25) is 5.78 Å². The summed E-state index contributed by atoms with van der Waals surface area (Å²) in [6.45, 7) is 2.43. The number of H-pyrrole nitrogens is 1. The predicted molar refractivity (Wildman–Crippen MR) is 156 cm³/mol. The van der Waals surface area contributed by atoms with Gasteiger partial charge in [0.25, 0.3) is 5.78 Å². The summed E-state index contributed by atoms with van der Waals surface area (Å²) in [7, 11) is 0. The fourth-order valence-electron chi connectivity index (χ4n) is 5.30. The molecule has 2 aromatic heterocycles. The van der Waals surface area contributed by atoms with E-state index in [4.69, 9.17) is 4.74 Å². The van der Waals surface area contributed by atoms with Crippen LogP contribution in [0.3, 0.4) is 0 Å². The molecule has 228 valence electrons. The number of ether oxygens (including phenoxy) is 1. The van der Waals surface area contributed by atoms with E-state index in [2.05, 4.69) is 16.9 Å². The summed E-state index contributed by atoms with van der Waals surface area (Å²) in [6, 6.07) is 1.97. The van der Waals surface area contributed by atoms with Crippen molar-refractivity contribution in [3.05, 3.63) is 40.3 Å². The molecule has 3 rings (SSSR count). The Bertz CT molecular complexity index is 1280. The highest BCUT2D eigenvalue weighted by atomic mass is 16.5. The average molecular weight is 583 g/mol. The maximum atomic E-state index is 12.6. The van der Waals surface area contributed by atoms with Crippen LogP contribution in [0.25, 0.3) is 11.3 Å².